The number of anilines is 2. The first-order valence-electron chi connectivity index (χ1n) is 15.5. The molecule has 0 aromatic heterocycles. The Kier molecular flexibility index (Phi) is 11.8. The highest BCUT2D eigenvalue weighted by Crippen LogP contribution is 2.31. The molecule has 0 bridgehead atoms. The largest absolute Gasteiger partial charge is 0.490 e. The van der Waals surface area contributed by atoms with Crippen molar-refractivity contribution in [2.75, 3.05) is 50.5 Å². The Morgan fingerprint density at radius 1 is 1.07 bits per heavy atom. The number of amides is 3. The zero-order valence-electron chi connectivity index (χ0n) is 25.9. The van der Waals surface area contributed by atoms with Gasteiger partial charge in [-0.25, -0.2) is 9.18 Å². The van der Waals surface area contributed by atoms with Crippen molar-refractivity contribution < 1.29 is 28.6 Å². The second kappa shape index (κ2) is 15.5. The van der Waals surface area contributed by atoms with Crippen LogP contribution >= 0.6 is 0 Å². The number of aliphatic hydroxyl groups is 1. The number of likely N-dealkylation sites (N-methyl/N-ethyl adjacent to an activating group) is 1. The molecule has 0 unspecified atom stereocenters. The average molecular weight is 599 g/mol. The maximum atomic E-state index is 14.2. The average Bonchev–Trinajstić information content (AvgIpc) is 3.79. The van der Waals surface area contributed by atoms with Crippen LogP contribution in [0, 0.1) is 17.7 Å². The number of benzene rings is 2. The Morgan fingerprint density at radius 3 is 2.47 bits per heavy atom. The molecule has 4 rings (SSSR count). The van der Waals surface area contributed by atoms with E-state index in [1.807, 2.05) is 13.8 Å². The summed E-state index contributed by atoms with van der Waals surface area (Å²) in [4.78, 5) is 31.0. The van der Waals surface area contributed by atoms with Crippen LogP contribution in [0.5, 0.6) is 5.75 Å². The molecular weight excluding hydrogens is 551 g/mol. The number of nitrogens with one attached hydrogen (secondary N) is 2. The van der Waals surface area contributed by atoms with E-state index in [-0.39, 0.29) is 30.6 Å². The molecule has 10 heteroatoms. The molecule has 9 nitrogen and oxygen atoms in total. The van der Waals surface area contributed by atoms with Crippen molar-refractivity contribution in [3.05, 3.63) is 53.8 Å². The van der Waals surface area contributed by atoms with E-state index < -0.39 is 17.9 Å². The monoisotopic (exact) mass is 598 g/mol. The fraction of sp³-hybridized carbons (Fsp3) is 0.576. The van der Waals surface area contributed by atoms with E-state index >= 15 is 0 Å². The predicted octanol–water partition coefficient (Wildman–Crippen LogP) is 5.61. The zero-order chi connectivity index (χ0) is 30.9. The maximum absolute atomic E-state index is 14.2. The molecule has 1 aliphatic heterocycles. The van der Waals surface area contributed by atoms with Gasteiger partial charge in [0.2, 0.25) is 0 Å². The molecule has 0 spiro atoms. The molecule has 2 aromatic rings. The summed E-state index contributed by atoms with van der Waals surface area (Å²) in [7, 11) is 2.13. The molecule has 1 heterocycles. The number of hydrogen-bond donors (Lipinski definition) is 3. The van der Waals surface area contributed by atoms with E-state index in [0.29, 0.717) is 35.8 Å². The van der Waals surface area contributed by atoms with E-state index in [9.17, 15) is 19.1 Å². The lowest BCUT2D eigenvalue weighted by atomic mass is 10.0. The van der Waals surface area contributed by atoms with E-state index in [2.05, 4.69) is 29.5 Å². The fourth-order valence-electron chi connectivity index (χ4n) is 5.41. The van der Waals surface area contributed by atoms with Crippen molar-refractivity contribution in [1.29, 1.82) is 0 Å². The second-order valence-electron chi connectivity index (χ2n) is 12.3. The van der Waals surface area contributed by atoms with E-state index in [4.69, 9.17) is 9.47 Å². The van der Waals surface area contributed by atoms with Gasteiger partial charge in [0.1, 0.15) is 11.6 Å². The Morgan fingerprint density at radius 2 is 1.77 bits per heavy atom. The molecule has 4 atom stereocenters. The summed E-state index contributed by atoms with van der Waals surface area (Å²) in [5.41, 5.74) is 1.14. The third-order valence-corrected chi connectivity index (χ3v) is 8.17. The van der Waals surface area contributed by atoms with Crippen LogP contribution in [0.4, 0.5) is 20.6 Å². The summed E-state index contributed by atoms with van der Waals surface area (Å²) < 4.78 is 26.0. The van der Waals surface area contributed by atoms with Crippen molar-refractivity contribution in [2.24, 2.45) is 11.8 Å². The van der Waals surface area contributed by atoms with Gasteiger partial charge in [-0.3, -0.25) is 4.79 Å². The van der Waals surface area contributed by atoms with Gasteiger partial charge in [-0.05, 0) is 101 Å². The number of ether oxygens (including phenoxy) is 2. The van der Waals surface area contributed by atoms with Gasteiger partial charge in [0, 0.05) is 43.5 Å². The SMILES string of the molecule is C[C@H]1CCCCO[C@@H](CN(C)CC2CC2)[C@@H](C)CN([C@@H](C)CO)C(=O)c2cc(NC(=O)Nc3ccc(F)cc3)ccc2O1. The summed E-state index contributed by atoms with van der Waals surface area (Å²) in [6.45, 7) is 8.57. The number of fused-ring (bicyclic) bond motifs is 1. The van der Waals surface area contributed by atoms with Gasteiger partial charge in [-0.1, -0.05) is 6.92 Å². The predicted molar refractivity (Wildman–Crippen MR) is 166 cm³/mol. The minimum Gasteiger partial charge on any atom is -0.490 e. The van der Waals surface area contributed by atoms with Crippen molar-refractivity contribution in [3.63, 3.8) is 0 Å². The van der Waals surface area contributed by atoms with Gasteiger partial charge < -0.3 is 35.0 Å². The highest BCUT2D eigenvalue weighted by atomic mass is 19.1. The quantitative estimate of drug-likeness (QED) is 0.365. The van der Waals surface area contributed by atoms with Crippen LogP contribution in [0.3, 0.4) is 0 Å². The zero-order valence-corrected chi connectivity index (χ0v) is 25.9. The van der Waals surface area contributed by atoms with Crippen LogP contribution < -0.4 is 15.4 Å². The van der Waals surface area contributed by atoms with Crippen molar-refractivity contribution in [2.45, 2.75) is 71.1 Å². The van der Waals surface area contributed by atoms with Crippen LogP contribution in [0.25, 0.3) is 0 Å². The molecule has 3 amide bonds. The normalized spacial score (nSPS) is 22.7. The minimum absolute atomic E-state index is 0.00799. The first-order valence-corrected chi connectivity index (χ1v) is 15.5. The number of aliphatic hydroxyl groups excluding tert-OH is 1. The number of rotatable bonds is 8. The third kappa shape index (κ3) is 9.91. The summed E-state index contributed by atoms with van der Waals surface area (Å²) in [6, 6.07) is 9.48. The van der Waals surface area contributed by atoms with Gasteiger partial charge in [0.05, 0.1) is 30.4 Å². The van der Waals surface area contributed by atoms with Gasteiger partial charge >= 0.3 is 6.03 Å². The standard InChI is InChI=1S/C33H47FN4O5/c1-22-18-38(23(2)21-39)32(40)29-17-28(36-33(41)35-27-12-10-26(34)11-13-27)14-15-30(29)43-24(3)7-5-6-16-42-31(22)20-37(4)19-25-8-9-25/h10-15,17,22-25,31,39H,5-9,16,18-21H2,1-4H3,(H2,35,36,41)/t22-,23-,24-,31-/m0/s1. The number of carbonyl (C=O) groups is 2. The van der Waals surface area contributed by atoms with Gasteiger partial charge in [-0.15, -0.1) is 0 Å². The lowest BCUT2D eigenvalue weighted by molar-refractivity contribution is -0.0172. The second-order valence-corrected chi connectivity index (χ2v) is 12.3. The molecule has 1 saturated carbocycles. The Bertz CT molecular complexity index is 1210. The lowest BCUT2D eigenvalue weighted by Gasteiger charge is -2.36. The smallest absolute Gasteiger partial charge is 0.323 e. The fourth-order valence-corrected chi connectivity index (χ4v) is 5.41. The van der Waals surface area contributed by atoms with E-state index in [1.165, 1.54) is 37.1 Å². The summed E-state index contributed by atoms with van der Waals surface area (Å²) in [5, 5.41) is 15.6. The molecule has 3 N–H and O–H groups in total. The molecule has 43 heavy (non-hydrogen) atoms. The highest BCUT2D eigenvalue weighted by Gasteiger charge is 2.31. The summed E-state index contributed by atoms with van der Waals surface area (Å²) in [5.74, 6) is 0.515. The van der Waals surface area contributed by atoms with E-state index in [1.54, 1.807) is 23.1 Å². The topological polar surface area (TPSA) is 103 Å². The van der Waals surface area contributed by atoms with Crippen LogP contribution in [0.15, 0.2) is 42.5 Å². The number of carbonyl (C=O) groups excluding carboxylic acids is 2. The number of nitrogens with zero attached hydrogens (tertiary/aromatic N) is 2. The summed E-state index contributed by atoms with van der Waals surface area (Å²) in [6.07, 6.45) is 5.01. The van der Waals surface area contributed by atoms with E-state index in [0.717, 1.165) is 38.3 Å². The van der Waals surface area contributed by atoms with Crippen LogP contribution in [0.1, 0.15) is 63.2 Å². The first kappa shape index (κ1) is 32.7. The van der Waals surface area contributed by atoms with Gasteiger partial charge in [-0.2, -0.15) is 0 Å². The van der Waals surface area contributed by atoms with Gasteiger partial charge in [0.25, 0.3) is 5.91 Å². The van der Waals surface area contributed by atoms with Crippen molar-refractivity contribution in [1.82, 2.24) is 9.80 Å². The highest BCUT2D eigenvalue weighted by molar-refractivity contribution is 6.02. The summed E-state index contributed by atoms with van der Waals surface area (Å²) >= 11 is 0. The third-order valence-electron chi connectivity index (χ3n) is 8.17. The Hall–Kier alpha value is -3.21. The lowest BCUT2D eigenvalue weighted by Crippen LogP contribution is -2.47. The van der Waals surface area contributed by atoms with Gasteiger partial charge in [0.15, 0.2) is 0 Å². The number of urea groups is 1. The van der Waals surface area contributed by atoms with Crippen LogP contribution in [0.2, 0.25) is 0 Å². The van der Waals surface area contributed by atoms with Crippen molar-refractivity contribution in [3.8, 4) is 5.75 Å². The molecule has 1 fully saturated rings. The molecule has 1 aliphatic carbocycles. The molecular formula is C33H47FN4O5. The van der Waals surface area contributed by atoms with Crippen LogP contribution in [-0.4, -0.2) is 85.0 Å². The minimum atomic E-state index is -0.529. The molecule has 0 radical (unpaired) electrons. The number of halogens is 1. The van der Waals surface area contributed by atoms with Crippen LogP contribution in [-0.2, 0) is 4.74 Å². The Labute approximate surface area is 254 Å². The molecule has 2 aromatic carbocycles. The first-order chi connectivity index (χ1) is 20.6. The Balaban J connectivity index is 1.58. The molecule has 236 valence electrons. The number of hydrogen-bond acceptors (Lipinski definition) is 6. The van der Waals surface area contributed by atoms with Crippen molar-refractivity contribution >= 4 is 23.3 Å². The maximum Gasteiger partial charge on any atom is 0.323 e. The molecule has 0 saturated heterocycles. The molecule has 2 aliphatic rings.